The molecule has 1 heterocycles. The molecule has 0 bridgehead atoms. The predicted molar refractivity (Wildman–Crippen MR) is 84.0 cm³/mol. The normalized spacial score (nSPS) is 11.6. The number of hydrogen-bond donors (Lipinski definition) is 0. The number of halogens is 1. The lowest BCUT2D eigenvalue weighted by molar-refractivity contribution is 0.304. The maximum Gasteiger partial charge on any atom is 0.140 e. The van der Waals surface area contributed by atoms with Gasteiger partial charge in [-0.05, 0) is 30.7 Å². The van der Waals surface area contributed by atoms with Crippen LogP contribution in [0.25, 0.3) is 0 Å². The van der Waals surface area contributed by atoms with Crippen molar-refractivity contribution in [1.29, 1.82) is 0 Å². The lowest BCUT2D eigenvalue weighted by Crippen LogP contribution is -2.11. The van der Waals surface area contributed by atoms with Crippen molar-refractivity contribution in [2.24, 2.45) is 0 Å². The van der Waals surface area contributed by atoms with Crippen LogP contribution in [-0.4, -0.2) is 4.98 Å². The van der Waals surface area contributed by atoms with Crippen LogP contribution in [0, 0.1) is 6.92 Å². The van der Waals surface area contributed by atoms with Gasteiger partial charge in [-0.15, -0.1) is 11.3 Å². The van der Waals surface area contributed by atoms with Crippen LogP contribution in [0.4, 0.5) is 0 Å². The fourth-order valence-electron chi connectivity index (χ4n) is 1.57. The van der Waals surface area contributed by atoms with E-state index in [9.17, 15) is 0 Å². The van der Waals surface area contributed by atoms with E-state index >= 15 is 0 Å². The van der Waals surface area contributed by atoms with E-state index < -0.39 is 0 Å². The monoisotopic (exact) mass is 339 g/mol. The zero-order chi connectivity index (χ0) is 14.0. The number of aromatic nitrogens is 1. The SMILES string of the molecule is Cc1cc(OCc2nc(C(C)(C)C)cs2)ccc1Br. The molecule has 19 heavy (non-hydrogen) atoms. The van der Waals surface area contributed by atoms with Crippen molar-refractivity contribution < 1.29 is 4.74 Å². The highest BCUT2D eigenvalue weighted by Gasteiger charge is 2.17. The topological polar surface area (TPSA) is 22.1 Å². The summed E-state index contributed by atoms with van der Waals surface area (Å²) in [6, 6.07) is 6.00. The third-order valence-electron chi connectivity index (χ3n) is 2.81. The maximum absolute atomic E-state index is 5.78. The van der Waals surface area contributed by atoms with Gasteiger partial charge in [-0.25, -0.2) is 4.98 Å². The van der Waals surface area contributed by atoms with Crippen molar-refractivity contribution in [1.82, 2.24) is 4.98 Å². The number of hydrogen-bond acceptors (Lipinski definition) is 3. The second-order valence-corrected chi connectivity index (χ2v) is 7.37. The fraction of sp³-hybridized carbons (Fsp3) is 0.400. The second kappa shape index (κ2) is 5.63. The van der Waals surface area contributed by atoms with Crippen molar-refractivity contribution in [3.63, 3.8) is 0 Å². The minimum Gasteiger partial charge on any atom is -0.486 e. The van der Waals surface area contributed by atoms with Crippen molar-refractivity contribution in [2.75, 3.05) is 0 Å². The Morgan fingerprint density at radius 3 is 2.63 bits per heavy atom. The summed E-state index contributed by atoms with van der Waals surface area (Å²) in [5.41, 5.74) is 2.40. The zero-order valence-corrected chi connectivity index (χ0v) is 14.1. The first kappa shape index (κ1) is 14.5. The lowest BCUT2D eigenvalue weighted by atomic mass is 9.93. The van der Waals surface area contributed by atoms with Gasteiger partial charge in [-0.2, -0.15) is 0 Å². The van der Waals surface area contributed by atoms with Gasteiger partial charge in [0.05, 0.1) is 5.69 Å². The first-order valence-electron chi connectivity index (χ1n) is 6.20. The Balaban J connectivity index is 2.02. The quantitative estimate of drug-likeness (QED) is 0.776. The van der Waals surface area contributed by atoms with Crippen LogP contribution < -0.4 is 4.74 Å². The molecule has 0 fully saturated rings. The molecule has 0 saturated carbocycles. The van der Waals surface area contributed by atoms with Gasteiger partial charge in [0.2, 0.25) is 0 Å². The summed E-state index contributed by atoms with van der Waals surface area (Å²) in [5.74, 6) is 0.883. The van der Waals surface area contributed by atoms with Crippen LogP contribution in [0.1, 0.15) is 37.0 Å². The molecule has 2 aromatic rings. The number of thiazole rings is 1. The Hall–Kier alpha value is -0.870. The average Bonchev–Trinajstić information content (AvgIpc) is 2.79. The largest absolute Gasteiger partial charge is 0.486 e. The van der Waals surface area contributed by atoms with E-state index in [0.29, 0.717) is 6.61 Å². The molecule has 0 saturated heterocycles. The molecule has 0 unspecified atom stereocenters. The van der Waals surface area contributed by atoms with E-state index in [0.717, 1.165) is 20.9 Å². The second-order valence-electron chi connectivity index (χ2n) is 5.58. The zero-order valence-electron chi connectivity index (χ0n) is 11.7. The van der Waals surface area contributed by atoms with E-state index in [4.69, 9.17) is 4.74 Å². The molecular formula is C15H18BrNOS. The molecule has 1 aromatic carbocycles. The number of ether oxygens (including phenoxy) is 1. The summed E-state index contributed by atoms with van der Waals surface area (Å²) < 4.78 is 6.88. The summed E-state index contributed by atoms with van der Waals surface area (Å²) in [4.78, 5) is 4.62. The molecule has 0 atom stereocenters. The number of aryl methyl sites for hydroxylation is 1. The highest BCUT2D eigenvalue weighted by Crippen LogP contribution is 2.25. The molecule has 1 aromatic heterocycles. The molecule has 0 aliphatic heterocycles. The summed E-state index contributed by atoms with van der Waals surface area (Å²) in [7, 11) is 0. The van der Waals surface area contributed by atoms with Gasteiger partial charge in [0.15, 0.2) is 0 Å². The maximum atomic E-state index is 5.78. The van der Waals surface area contributed by atoms with Crippen LogP contribution in [0.2, 0.25) is 0 Å². The van der Waals surface area contributed by atoms with Crippen LogP contribution in [0.5, 0.6) is 5.75 Å². The molecule has 4 heteroatoms. The van der Waals surface area contributed by atoms with Crippen molar-refractivity contribution in [3.8, 4) is 5.75 Å². The van der Waals surface area contributed by atoms with E-state index in [-0.39, 0.29) is 5.41 Å². The van der Waals surface area contributed by atoms with Crippen LogP contribution in [-0.2, 0) is 12.0 Å². The van der Waals surface area contributed by atoms with Crippen LogP contribution >= 0.6 is 27.3 Å². The van der Waals surface area contributed by atoms with Gasteiger partial charge in [0.25, 0.3) is 0 Å². The van der Waals surface area contributed by atoms with Crippen LogP contribution in [0.3, 0.4) is 0 Å². The summed E-state index contributed by atoms with van der Waals surface area (Å²) in [6.07, 6.45) is 0. The van der Waals surface area contributed by atoms with Gasteiger partial charge in [0, 0.05) is 15.3 Å². The third kappa shape index (κ3) is 3.80. The van der Waals surface area contributed by atoms with Gasteiger partial charge < -0.3 is 4.74 Å². The Bertz CT molecular complexity index is 572. The van der Waals surface area contributed by atoms with Gasteiger partial charge in [-0.1, -0.05) is 36.7 Å². The average molecular weight is 340 g/mol. The molecule has 0 amide bonds. The highest BCUT2D eigenvalue weighted by molar-refractivity contribution is 9.10. The van der Waals surface area contributed by atoms with E-state index in [1.165, 1.54) is 5.56 Å². The van der Waals surface area contributed by atoms with Gasteiger partial charge >= 0.3 is 0 Å². The van der Waals surface area contributed by atoms with E-state index in [1.54, 1.807) is 11.3 Å². The molecule has 0 aliphatic carbocycles. The molecule has 0 radical (unpaired) electrons. The fourth-order valence-corrected chi connectivity index (χ4v) is 2.75. The molecular weight excluding hydrogens is 322 g/mol. The van der Waals surface area contributed by atoms with E-state index in [2.05, 4.69) is 54.0 Å². The summed E-state index contributed by atoms with van der Waals surface area (Å²) in [6.45, 7) is 9.10. The minimum atomic E-state index is 0.100. The van der Waals surface area contributed by atoms with Crippen molar-refractivity contribution in [2.45, 2.75) is 39.7 Å². The van der Waals surface area contributed by atoms with Crippen LogP contribution in [0.15, 0.2) is 28.1 Å². The lowest BCUT2D eigenvalue weighted by Gasteiger charge is -2.14. The molecule has 2 nitrogen and oxygen atoms in total. The third-order valence-corrected chi connectivity index (χ3v) is 4.52. The molecule has 2 rings (SSSR count). The van der Waals surface area contributed by atoms with Gasteiger partial charge in [0.1, 0.15) is 17.4 Å². The Morgan fingerprint density at radius 1 is 1.32 bits per heavy atom. The smallest absolute Gasteiger partial charge is 0.140 e. The van der Waals surface area contributed by atoms with Crippen molar-refractivity contribution in [3.05, 3.63) is 44.3 Å². The standard InChI is InChI=1S/C15H18BrNOS/c1-10-7-11(5-6-12(10)16)18-8-14-17-13(9-19-14)15(2,3)4/h5-7,9H,8H2,1-4H3. The Kier molecular flexibility index (Phi) is 4.31. The van der Waals surface area contributed by atoms with Gasteiger partial charge in [-0.3, -0.25) is 0 Å². The first-order valence-corrected chi connectivity index (χ1v) is 7.87. The Morgan fingerprint density at radius 2 is 2.05 bits per heavy atom. The highest BCUT2D eigenvalue weighted by atomic mass is 79.9. The van der Waals surface area contributed by atoms with Crippen molar-refractivity contribution >= 4 is 27.3 Å². The van der Waals surface area contributed by atoms with E-state index in [1.807, 2.05) is 18.2 Å². The predicted octanol–water partition coefficient (Wildman–Crippen LogP) is 5.09. The Labute approximate surface area is 127 Å². The molecule has 0 spiro atoms. The minimum absolute atomic E-state index is 0.100. The molecule has 0 N–H and O–H groups in total. The first-order chi connectivity index (χ1) is 8.86. The molecule has 102 valence electrons. The number of benzene rings is 1. The summed E-state index contributed by atoms with van der Waals surface area (Å²) in [5, 5.41) is 3.14. The number of nitrogens with zero attached hydrogens (tertiary/aromatic N) is 1. The summed E-state index contributed by atoms with van der Waals surface area (Å²) >= 11 is 5.14. The number of rotatable bonds is 3. The molecule has 0 aliphatic rings.